The van der Waals surface area contributed by atoms with Gasteiger partial charge in [-0.2, -0.15) is 0 Å². The second-order valence-electron chi connectivity index (χ2n) is 4.88. The number of nitrogens with zero attached hydrogens (tertiary/aromatic N) is 1. The molecule has 1 heterocycles. The minimum absolute atomic E-state index is 0.770. The minimum atomic E-state index is 0.770. The Hall–Kier alpha value is 0.250. The van der Waals surface area contributed by atoms with Gasteiger partial charge < -0.3 is 4.90 Å². The van der Waals surface area contributed by atoms with E-state index >= 15 is 0 Å². The predicted octanol–water partition coefficient (Wildman–Crippen LogP) is 3.91. The first kappa shape index (κ1) is 13.3. The van der Waals surface area contributed by atoms with E-state index in [4.69, 9.17) is 11.6 Å². The fourth-order valence-corrected chi connectivity index (χ4v) is 2.61. The molecule has 0 aromatic heterocycles. The molecular formula is C13H26ClN. The van der Waals surface area contributed by atoms with E-state index in [0.29, 0.717) is 0 Å². The van der Waals surface area contributed by atoms with Crippen molar-refractivity contribution in [1.82, 2.24) is 4.90 Å². The molecule has 1 saturated heterocycles. The fourth-order valence-electron chi connectivity index (χ4n) is 2.36. The Morgan fingerprint density at radius 2 is 1.87 bits per heavy atom. The number of unbranched alkanes of at least 4 members (excludes halogenated alkanes) is 5. The second kappa shape index (κ2) is 8.41. The molecule has 15 heavy (non-hydrogen) atoms. The molecule has 1 nitrogen and oxygen atoms in total. The highest BCUT2D eigenvalue weighted by atomic mass is 35.5. The Morgan fingerprint density at radius 1 is 1.13 bits per heavy atom. The lowest BCUT2D eigenvalue weighted by Crippen LogP contribution is -2.22. The molecule has 0 aromatic carbocycles. The van der Waals surface area contributed by atoms with E-state index in [0.717, 1.165) is 11.8 Å². The zero-order valence-corrected chi connectivity index (χ0v) is 10.9. The smallest absolute Gasteiger partial charge is 0.0264 e. The molecule has 0 aromatic rings. The van der Waals surface area contributed by atoms with Gasteiger partial charge >= 0.3 is 0 Å². The summed E-state index contributed by atoms with van der Waals surface area (Å²) in [6.07, 6.45) is 9.75. The maximum absolute atomic E-state index is 5.86. The largest absolute Gasteiger partial charge is 0.303 e. The highest BCUT2D eigenvalue weighted by molar-refractivity contribution is 6.18. The van der Waals surface area contributed by atoms with Crippen molar-refractivity contribution in [2.45, 2.75) is 51.9 Å². The molecule has 0 spiro atoms. The van der Waals surface area contributed by atoms with Gasteiger partial charge in [0.25, 0.3) is 0 Å². The number of likely N-dealkylation sites (tertiary alicyclic amines) is 1. The first-order valence-corrected chi connectivity index (χ1v) is 7.18. The maximum Gasteiger partial charge on any atom is 0.0264 e. The average Bonchev–Trinajstić information content (AvgIpc) is 2.71. The number of halogens is 1. The van der Waals surface area contributed by atoms with Crippen LogP contribution in [0.2, 0.25) is 0 Å². The number of rotatable bonds is 8. The van der Waals surface area contributed by atoms with E-state index in [9.17, 15) is 0 Å². The summed E-state index contributed by atoms with van der Waals surface area (Å²) in [5.74, 6) is 1.62. The van der Waals surface area contributed by atoms with Crippen molar-refractivity contribution in [3.05, 3.63) is 0 Å². The van der Waals surface area contributed by atoms with Crippen molar-refractivity contribution >= 4 is 11.6 Å². The van der Waals surface area contributed by atoms with Crippen molar-refractivity contribution in [1.29, 1.82) is 0 Å². The summed E-state index contributed by atoms with van der Waals surface area (Å²) in [5.41, 5.74) is 0. The van der Waals surface area contributed by atoms with Crippen LogP contribution < -0.4 is 0 Å². The number of hydrogen-bond acceptors (Lipinski definition) is 1. The Balaban J connectivity index is 1.88. The summed E-state index contributed by atoms with van der Waals surface area (Å²) in [7, 11) is 0. The van der Waals surface area contributed by atoms with Gasteiger partial charge in [0.1, 0.15) is 0 Å². The first-order chi connectivity index (χ1) is 7.36. The molecule has 1 rings (SSSR count). The van der Waals surface area contributed by atoms with Crippen LogP contribution in [0.25, 0.3) is 0 Å². The lowest BCUT2D eigenvalue weighted by Gasteiger charge is -2.14. The highest BCUT2D eigenvalue weighted by Gasteiger charge is 2.20. The Kier molecular flexibility index (Phi) is 7.46. The fraction of sp³-hybridized carbons (Fsp3) is 1.00. The summed E-state index contributed by atoms with van der Waals surface area (Å²) in [4.78, 5) is 2.59. The van der Waals surface area contributed by atoms with Gasteiger partial charge in [0.05, 0.1) is 0 Å². The van der Waals surface area contributed by atoms with Crippen LogP contribution >= 0.6 is 11.6 Å². The monoisotopic (exact) mass is 231 g/mol. The molecule has 0 saturated carbocycles. The molecule has 0 aliphatic carbocycles. The van der Waals surface area contributed by atoms with E-state index in [1.807, 2.05) is 0 Å². The van der Waals surface area contributed by atoms with E-state index in [1.165, 1.54) is 64.6 Å². The van der Waals surface area contributed by atoms with Crippen LogP contribution in [0, 0.1) is 5.92 Å². The molecule has 2 heteroatoms. The molecule has 1 aliphatic rings. The lowest BCUT2D eigenvalue weighted by molar-refractivity contribution is 0.318. The zero-order chi connectivity index (χ0) is 10.9. The summed E-state index contributed by atoms with van der Waals surface area (Å²) in [6.45, 7) is 6.11. The maximum atomic E-state index is 5.86. The van der Waals surface area contributed by atoms with Crippen LogP contribution in [0.5, 0.6) is 0 Å². The predicted molar refractivity (Wildman–Crippen MR) is 68.6 cm³/mol. The first-order valence-electron chi connectivity index (χ1n) is 6.65. The Labute approximate surface area is 100 Å². The SMILES string of the molecule is CCCCCCCCN1CCC(CCl)C1. The van der Waals surface area contributed by atoms with Gasteiger partial charge in [-0.05, 0) is 31.8 Å². The van der Waals surface area contributed by atoms with Crippen molar-refractivity contribution < 1.29 is 0 Å². The van der Waals surface area contributed by atoms with Gasteiger partial charge in [-0.15, -0.1) is 11.6 Å². The third-order valence-electron chi connectivity index (χ3n) is 3.42. The van der Waals surface area contributed by atoms with Crippen molar-refractivity contribution in [2.24, 2.45) is 5.92 Å². The molecule has 1 fully saturated rings. The number of alkyl halides is 1. The lowest BCUT2D eigenvalue weighted by atomic mass is 10.1. The molecule has 0 bridgehead atoms. The van der Waals surface area contributed by atoms with Crippen LogP contribution in [0.15, 0.2) is 0 Å². The van der Waals surface area contributed by atoms with Crippen LogP contribution in [-0.4, -0.2) is 30.4 Å². The van der Waals surface area contributed by atoms with Gasteiger partial charge in [-0.1, -0.05) is 39.0 Å². The van der Waals surface area contributed by atoms with Crippen LogP contribution in [0.3, 0.4) is 0 Å². The summed E-state index contributed by atoms with van der Waals surface area (Å²) < 4.78 is 0. The third-order valence-corrected chi connectivity index (χ3v) is 3.85. The molecule has 0 amide bonds. The quantitative estimate of drug-likeness (QED) is 0.452. The van der Waals surface area contributed by atoms with E-state index in [1.54, 1.807) is 0 Å². The van der Waals surface area contributed by atoms with Crippen molar-refractivity contribution in [2.75, 3.05) is 25.5 Å². The number of hydrogen-bond donors (Lipinski definition) is 0. The van der Waals surface area contributed by atoms with E-state index in [2.05, 4.69) is 11.8 Å². The minimum Gasteiger partial charge on any atom is -0.303 e. The Morgan fingerprint density at radius 3 is 2.53 bits per heavy atom. The van der Waals surface area contributed by atoms with Crippen molar-refractivity contribution in [3.8, 4) is 0 Å². The highest BCUT2D eigenvalue weighted by Crippen LogP contribution is 2.18. The standard InChI is InChI=1S/C13H26ClN/c1-2-3-4-5-6-7-9-15-10-8-13(11-14)12-15/h13H,2-12H2,1H3. The van der Waals surface area contributed by atoms with Crippen molar-refractivity contribution in [3.63, 3.8) is 0 Å². The van der Waals surface area contributed by atoms with E-state index < -0.39 is 0 Å². The summed E-state index contributed by atoms with van der Waals surface area (Å²) in [5, 5.41) is 0. The van der Waals surface area contributed by atoms with Gasteiger partial charge in [0.15, 0.2) is 0 Å². The normalized spacial score (nSPS) is 22.4. The summed E-state index contributed by atoms with van der Waals surface area (Å²) in [6, 6.07) is 0. The van der Waals surface area contributed by atoms with Gasteiger partial charge in [-0.3, -0.25) is 0 Å². The zero-order valence-electron chi connectivity index (χ0n) is 10.2. The molecule has 1 unspecified atom stereocenters. The molecule has 0 radical (unpaired) electrons. The molecular weight excluding hydrogens is 206 g/mol. The van der Waals surface area contributed by atoms with Crippen LogP contribution in [0.1, 0.15) is 51.9 Å². The second-order valence-corrected chi connectivity index (χ2v) is 5.19. The summed E-state index contributed by atoms with van der Waals surface area (Å²) >= 11 is 5.86. The van der Waals surface area contributed by atoms with Gasteiger partial charge in [0, 0.05) is 12.4 Å². The van der Waals surface area contributed by atoms with Crippen LogP contribution in [-0.2, 0) is 0 Å². The van der Waals surface area contributed by atoms with Gasteiger partial charge in [0.2, 0.25) is 0 Å². The molecule has 1 atom stereocenters. The van der Waals surface area contributed by atoms with E-state index in [-0.39, 0.29) is 0 Å². The van der Waals surface area contributed by atoms with Gasteiger partial charge in [-0.25, -0.2) is 0 Å². The Bertz CT molecular complexity index is 149. The topological polar surface area (TPSA) is 3.24 Å². The molecule has 0 N–H and O–H groups in total. The third kappa shape index (κ3) is 5.77. The van der Waals surface area contributed by atoms with Crippen LogP contribution in [0.4, 0.5) is 0 Å². The average molecular weight is 232 g/mol. The molecule has 1 aliphatic heterocycles. The molecule has 90 valence electrons.